The van der Waals surface area contributed by atoms with Crippen molar-refractivity contribution in [2.24, 2.45) is 0 Å². The highest BCUT2D eigenvalue weighted by Crippen LogP contribution is 2.25. The molecule has 0 spiro atoms. The average Bonchev–Trinajstić information content (AvgIpc) is 2.53. The zero-order chi connectivity index (χ0) is 16.1. The Morgan fingerprint density at radius 3 is 2.86 bits per heavy atom. The van der Waals surface area contributed by atoms with Crippen molar-refractivity contribution in [2.75, 3.05) is 19.7 Å². The number of aliphatic carboxylic acids is 1. The normalized spacial score (nSPS) is 19.5. The van der Waals surface area contributed by atoms with E-state index in [1.165, 1.54) is 4.90 Å². The highest BCUT2D eigenvalue weighted by Gasteiger charge is 2.32. The number of hydrogen-bond donors (Lipinski definition) is 1. The number of amides is 1. The van der Waals surface area contributed by atoms with Gasteiger partial charge in [0.1, 0.15) is 5.75 Å². The predicted molar refractivity (Wildman–Crippen MR) is 80.1 cm³/mol. The van der Waals surface area contributed by atoms with Gasteiger partial charge in [0.25, 0.3) is 5.91 Å². The van der Waals surface area contributed by atoms with E-state index >= 15 is 0 Å². The van der Waals surface area contributed by atoms with Crippen LogP contribution in [-0.4, -0.2) is 53.8 Å². The zero-order valence-electron chi connectivity index (χ0n) is 12.2. The van der Waals surface area contributed by atoms with Gasteiger partial charge in [0.05, 0.1) is 18.2 Å². The van der Waals surface area contributed by atoms with Crippen LogP contribution in [0.1, 0.15) is 13.3 Å². The maximum atomic E-state index is 12.5. The van der Waals surface area contributed by atoms with Crippen molar-refractivity contribution in [2.45, 2.75) is 25.6 Å². The Morgan fingerprint density at radius 1 is 1.50 bits per heavy atom. The number of carboxylic acids is 1. The molecule has 22 heavy (non-hydrogen) atoms. The minimum absolute atomic E-state index is 0.0244. The minimum atomic E-state index is -1.07. The topological polar surface area (TPSA) is 76.1 Å². The highest BCUT2D eigenvalue weighted by atomic mass is 35.5. The van der Waals surface area contributed by atoms with Crippen molar-refractivity contribution in [3.8, 4) is 5.75 Å². The third-order valence-electron chi connectivity index (χ3n) is 3.41. The van der Waals surface area contributed by atoms with Crippen LogP contribution < -0.4 is 4.74 Å². The van der Waals surface area contributed by atoms with E-state index in [4.69, 9.17) is 26.2 Å². The summed E-state index contributed by atoms with van der Waals surface area (Å²) in [5.41, 5.74) is 0. The molecule has 7 heteroatoms. The van der Waals surface area contributed by atoms with Gasteiger partial charge in [-0.25, -0.2) is 4.79 Å². The van der Waals surface area contributed by atoms with Crippen LogP contribution in [0.2, 0.25) is 5.02 Å². The van der Waals surface area contributed by atoms with E-state index in [2.05, 4.69) is 0 Å². The number of nitrogens with zero attached hydrogens (tertiary/aromatic N) is 1. The first-order chi connectivity index (χ1) is 10.5. The summed E-state index contributed by atoms with van der Waals surface area (Å²) >= 11 is 6.03. The van der Waals surface area contributed by atoms with Gasteiger partial charge in [-0.3, -0.25) is 4.79 Å². The molecule has 6 nitrogen and oxygen atoms in total. The molecule has 1 saturated heterocycles. The summed E-state index contributed by atoms with van der Waals surface area (Å²) in [5, 5.41) is 9.42. The van der Waals surface area contributed by atoms with Gasteiger partial charge in [0.2, 0.25) is 0 Å². The maximum Gasteiger partial charge on any atom is 0.334 e. The molecule has 1 aliphatic heterocycles. The van der Waals surface area contributed by atoms with Gasteiger partial charge in [-0.05, 0) is 18.6 Å². The molecule has 1 fully saturated rings. The number of hydrogen-bond acceptors (Lipinski definition) is 4. The van der Waals surface area contributed by atoms with Crippen molar-refractivity contribution < 1.29 is 24.2 Å². The van der Waals surface area contributed by atoms with Crippen molar-refractivity contribution in [1.82, 2.24) is 4.90 Å². The molecule has 1 aromatic carbocycles. The number of carbonyl (C=O) groups excluding carboxylic acids is 1. The van der Waals surface area contributed by atoms with Crippen molar-refractivity contribution in [1.29, 1.82) is 0 Å². The molecule has 0 aromatic heterocycles. The van der Waals surface area contributed by atoms with E-state index in [1.807, 2.05) is 6.92 Å². The fourth-order valence-corrected chi connectivity index (χ4v) is 2.38. The smallest absolute Gasteiger partial charge is 0.334 e. The first kappa shape index (κ1) is 16.6. The van der Waals surface area contributed by atoms with Crippen LogP contribution in [0.15, 0.2) is 24.3 Å². The third-order valence-corrected chi connectivity index (χ3v) is 3.72. The van der Waals surface area contributed by atoms with Gasteiger partial charge >= 0.3 is 5.97 Å². The zero-order valence-corrected chi connectivity index (χ0v) is 13.0. The van der Waals surface area contributed by atoms with Crippen LogP contribution >= 0.6 is 11.6 Å². The summed E-state index contributed by atoms with van der Waals surface area (Å²) in [6.07, 6.45) is -1.23. The molecule has 0 aliphatic carbocycles. The van der Waals surface area contributed by atoms with E-state index in [9.17, 15) is 9.59 Å². The van der Waals surface area contributed by atoms with Crippen LogP contribution in [0.5, 0.6) is 5.75 Å². The van der Waals surface area contributed by atoms with E-state index in [0.29, 0.717) is 23.7 Å². The average molecular weight is 328 g/mol. The number of benzene rings is 1. The fourth-order valence-electron chi connectivity index (χ4n) is 2.20. The molecule has 0 bridgehead atoms. The minimum Gasteiger partial charge on any atom is -0.479 e. The Hall–Kier alpha value is -1.79. The van der Waals surface area contributed by atoms with E-state index in [-0.39, 0.29) is 19.1 Å². The molecule has 1 amide bonds. The first-order valence-corrected chi connectivity index (χ1v) is 7.45. The lowest BCUT2D eigenvalue weighted by Gasteiger charge is -2.33. The molecule has 0 unspecified atom stereocenters. The largest absolute Gasteiger partial charge is 0.479 e. The molecule has 0 saturated carbocycles. The summed E-state index contributed by atoms with van der Waals surface area (Å²) in [7, 11) is 0. The standard InChI is InChI=1S/C15H18ClNO5/c1-2-11(22-12-6-4-3-5-10(12)16)14(18)17-7-8-21-13(9-17)15(19)20/h3-6,11,13H,2,7-9H2,1H3,(H,19,20)/t11-,13+/m1/s1. The van der Waals surface area contributed by atoms with Gasteiger partial charge in [0.15, 0.2) is 12.2 Å². The van der Waals surface area contributed by atoms with Gasteiger partial charge in [0, 0.05) is 6.54 Å². The van der Waals surface area contributed by atoms with Gasteiger partial charge in [-0.1, -0.05) is 30.7 Å². The highest BCUT2D eigenvalue weighted by molar-refractivity contribution is 6.32. The number of halogens is 1. The molecule has 1 N–H and O–H groups in total. The molecule has 120 valence electrons. The number of ether oxygens (including phenoxy) is 2. The number of morpholine rings is 1. The van der Waals surface area contributed by atoms with Crippen LogP contribution in [0.3, 0.4) is 0 Å². The van der Waals surface area contributed by atoms with Gasteiger partial charge < -0.3 is 19.5 Å². The first-order valence-electron chi connectivity index (χ1n) is 7.07. The number of rotatable bonds is 5. The number of carbonyl (C=O) groups is 2. The Bertz CT molecular complexity index is 550. The van der Waals surface area contributed by atoms with Crippen molar-refractivity contribution in [3.63, 3.8) is 0 Å². The molecule has 0 radical (unpaired) electrons. The second-order valence-electron chi connectivity index (χ2n) is 4.93. The number of para-hydroxylation sites is 1. The lowest BCUT2D eigenvalue weighted by molar-refractivity contribution is -0.161. The predicted octanol–water partition coefficient (Wildman–Crippen LogP) is 1.81. The van der Waals surface area contributed by atoms with E-state index in [0.717, 1.165) is 0 Å². The summed E-state index contributed by atoms with van der Waals surface area (Å²) in [5.74, 6) is -0.887. The van der Waals surface area contributed by atoms with E-state index in [1.54, 1.807) is 24.3 Å². The Balaban J connectivity index is 2.05. The monoisotopic (exact) mass is 327 g/mol. The molecular weight excluding hydrogens is 310 g/mol. The molecule has 1 aromatic rings. The lowest BCUT2D eigenvalue weighted by atomic mass is 10.2. The van der Waals surface area contributed by atoms with Crippen molar-refractivity contribution >= 4 is 23.5 Å². The van der Waals surface area contributed by atoms with Crippen LogP contribution in [0.25, 0.3) is 0 Å². The maximum absolute atomic E-state index is 12.5. The van der Waals surface area contributed by atoms with Crippen molar-refractivity contribution in [3.05, 3.63) is 29.3 Å². The summed E-state index contributed by atoms with van der Waals surface area (Å²) in [6, 6.07) is 6.92. The van der Waals surface area contributed by atoms with E-state index < -0.39 is 18.2 Å². The second kappa shape index (κ2) is 7.47. The lowest BCUT2D eigenvalue weighted by Crippen LogP contribution is -2.52. The second-order valence-corrected chi connectivity index (χ2v) is 5.33. The molecular formula is C15H18ClNO5. The number of carboxylic acid groups (broad SMARTS) is 1. The Labute approximate surface area is 133 Å². The Kier molecular flexibility index (Phi) is 5.63. The molecule has 2 atom stereocenters. The summed E-state index contributed by atoms with van der Waals surface area (Å²) in [6.45, 7) is 2.40. The fraction of sp³-hybridized carbons (Fsp3) is 0.467. The quantitative estimate of drug-likeness (QED) is 0.892. The van der Waals surface area contributed by atoms with Crippen LogP contribution in [0, 0.1) is 0 Å². The van der Waals surface area contributed by atoms with Crippen LogP contribution in [0.4, 0.5) is 0 Å². The van der Waals surface area contributed by atoms with Gasteiger partial charge in [-0.2, -0.15) is 0 Å². The Morgan fingerprint density at radius 2 is 2.23 bits per heavy atom. The summed E-state index contributed by atoms with van der Waals surface area (Å²) in [4.78, 5) is 25.0. The van der Waals surface area contributed by atoms with Crippen LogP contribution in [-0.2, 0) is 14.3 Å². The molecule has 1 aliphatic rings. The summed E-state index contributed by atoms with van der Waals surface area (Å²) < 4.78 is 10.8. The SMILES string of the molecule is CC[C@@H](Oc1ccccc1Cl)C(=O)N1CCO[C@H](C(=O)O)C1. The molecule has 1 heterocycles. The molecule has 2 rings (SSSR count). The third kappa shape index (κ3) is 3.90. The van der Waals surface area contributed by atoms with Gasteiger partial charge in [-0.15, -0.1) is 0 Å².